The van der Waals surface area contributed by atoms with Gasteiger partial charge in [-0.15, -0.1) is 0 Å². The van der Waals surface area contributed by atoms with Crippen LogP contribution in [0.25, 0.3) is 5.82 Å². The lowest BCUT2D eigenvalue weighted by molar-refractivity contribution is -0.137. The standard InChI is InChI=1S/C22H21F4N5O3/c1-12(2)19-17(11-28-31(19)18-9-4-14(10-27-18)22(24,25)26)21(33)30-29-20(32)13(3)34-16-7-5-15(23)6-8-16/h4-13H,1-3H3,(H,29,32)(H,30,33)/t13-/m0/s1. The van der Waals surface area contributed by atoms with E-state index in [0.717, 1.165) is 12.1 Å². The predicted molar refractivity (Wildman–Crippen MR) is 113 cm³/mol. The molecule has 0 aliphatic heterocycles. The fourth-order valence-corrected chi connectivity index (χ4v) is 3.01. The van der Waals surface area contributed by atoms with Crippen molar-refractivity contribution in [3.05, 3.63) is 71.4 Å². The van der Waals surface area contributed by atoms with Gasteiger partial charge in [-0.25, -0.2) is 14.1 Å². The Morgan fingerprint density at radius 3 is 2.24 bits per heavy atom. The van der Waals surface area contributed by atoms with E-state index in [2.05, 4.69) is 20.9 Å². The Hall–Kier alpha value is -3.96. The highest BCUT2D eigenvalue weighted by Crippen LogP contribution is 2.29. The van der Waals surface area contributed by atoms with E-state index in [-0.39, 0.29) is 23.0 Å². The molecule has 8 nitrogen and oxygen atoms in total. The Kier molecular flexibility index (Phi) is 7.18. The molecule has 0 fully saturated rings. The van der Waals surface area contributed by atoms with E-state index in [1.165, 1.54) is 42.1 Å². The number of halogens is 4. The number of carbonyl (C=O) groups is 2. The van der Waals surface area contributed by atoms with Crippen LogP contribution in [0.4, 0.5) is 17.6 Å². The molecular weight excluding hydrogens is 458 g/mol. The van der Waals surface area contributed by atoms with Crippen LogP contribution in [0, 0.1) is 5.82 Å². The first kappa shape index (κ1) is 24.7. The number of hydrazine groups is 1. The zero-order valence-electron chi connectivity index (χ0n) is 18.4. The number of alkyl halides is 3. The van der Waals surface area contributed by atoms with Crippen LogP contribution < -0.4 is 15.6 Å². The summed E-state index contributed by atoms with van der Waals surface area (Å²) in [7, 11) is 0. The fraction of sp³-hybridized carbons (Fsp3) is 0.273. The number of nitrogens with one attached hydrogen (secondary N) is 2. The lowest BCUT2D eigenvalue weighted by atomic mass is 10.1. The summed E-state index contributed by atoms with van der Waals surface area (Å²) in [4.78, 5) is 28.8. The van der Waals surface area contributed by atoms with E-state index in [1.807, 2.05) is 0 Å². The van der Waals surface area contributed by atoms with Crippen LogP contribution in [-0.4, -0.2) is 32.7 Å². The molecule has 180 valence electrons. The number of benzene rings is 1. The number of aromatic nitrogens is 3. The first-order valence-corrected chi connectivity index (χ1v) is 10.1. The first-order valence-electron chi connectivity index (χ1n) is 10.1. The molecule has 2 N–H and O–H groups in total. The maximum atomic E-state index is 13.0. The molecule has 3 aromatic rings. The molecule has 2 aromatic heterocycles. The summed E-state index contributed by atoms with van der Waals surface area (Å²) < 4.78 is 58.1. The number of hydrogen-bond donors (Lipinski definition) is 2. The molecule has 0 saturated heterocycles. The zero-order chi connectivity index (χ0) is 25.0. The fourth-order valence-electron chi connectivity index (χ4n) is 3.01. The summed E-state index contributed by atoms with van der Waals surface area (Å²) in [6.07, 6.45) is -3.62. The van der Waals surface area contributed by atoms with Crippen molar-refractivity contribution in [3.63, 3.8) is 0 Å². The van der Waals surface area contributed by atoms with Gasteiger partial charge >= 0.3 is 6.18 Å². The Balaban J connectivity index is 1.70. The van der Waals surface area contributed by atoms with Gasteiger partial charge in [0, 0.05) is 6.20 Å². The van der Waals surface area contributed by atoms with Gasteiger partial charge in [-0.2, -0.15) is 18.3 Å². The second kappa shape index (κ2) is 9.89. The molecule has 3 rings (SSSR count). The minimum absolute atomic E-state index is 0.0982. The Morgan fingerprint density at radius 1 is 1.00 bits per heavy atom. The van der Waals surface area contributed by atoms with Crippen LogP contribution in [-0.2, 0) is 11.0 Å². The monoisotopic (exact) mass is 479 g/mol. The molecular formula is C22H21F4N5O3. The second-order valence-corrected chi connectivity index (χ2v) is 7.57. The first-order chi connectivity index (χ1) is 16.0. The Morgan fingerprint density at radius 2 is 1.68 bits per heavy atom. The van der Waals surface area contributed by atoms with Crippen molar-refractivity contribution in [2.45, 2.75) is 39.0 Å². The predicted octanol–water partition coefficient (Wildman–Crippen LogP) is 3.78. The van der Waals surface area contributed by atoms with Crippen LogP contribution in [0.3, 0.4) is 0 Å². The van der Waals surface area contributed by atoms with Crippen molar-refractivity contribution in [2.24, 2.45) is 0 Å². The topological polar surface area (TPSA) is 98.1 Å². The third-order valence-corrected chi connectivity index (χ3v) is 4.69. The summed E-state index contributed by atoms with van der Waals surface area (Å²) >= 11 is 0. The molecule has 2 heterocycles. The van der Waals surface area contributed by atoms with Gasteiger partial charge in [-0.1, -0.05) is 13.8 Å². The van der Waals surface area contributed by atoms with Gasteiger partial charge in [0.1, 0.15) is 11.6 Å². The molecule has 0 unspecified atom stereocenters. The van der Waals surface area contributed by atoms with E-state index in [1.54, 1.807) is 13.8 Å². The molecule has 0 aliphatic rings. The SMILES string of the molecule is CC(C)c1c(C(=O)NNC(=O)[C@H](C)Oc2ccc(F)cc2)cnn1-c1ccc(C(F)(F)F)cn1. The average Bonchev–Trinajstić information content (AvgIpc) is 3.24. The third kappa shape index (κ3) is 5.69. The van der Waals surface area contributed by atoms with Crippen molar-refractivity contribution in [1.82, 2.24) is 25.6 Å². The van der Waals surface area contributed by atoms with Crippen molar-refractivity contribution in [3.8, 4) is 11.6 Å². The number of pyridine rings is 1. The van der Waals surface area contributed by atoms with Crippen LogP contribution >= 0.6 is 0 Å². The number of nitrogens with zero attached hydrogens (tertiary/aromatic N) is 3. The highest BCUT2D eigenvalue weighted by molar-refractivity contribution is 5.96. The summed E-state index contributed by atoms with van der Waals surface area (Å²) in [5.74, 6) is -1.71. The van der Waals surface area contributed by atoms with Crippen LogP contribution in [0.1, 0.15) is 48.3 Å². The molecule has 1 atom stereocenters. The molecule has 34 heavy (non-hydrogen) atoms. The molecule has 0 bridgehead atoms. The molecule has 0 spiro atoms. The molecule has 12 heteroatoms. The molecule has 0 saturated carbocycles. The van der Waals surface area contributed by atoms with Gasteiger partial charge in [0.25, 0.3) is 11.8 Å². The lowest BCUT2D eigenvalue weighted by Crippen LogP contribution is -2.47. The zero-order valence-corrected chi connectivity index (χ0v) is 18.4. The molecule has 1 aromatic carbocycles. The van der Waals surface area contributed by atoms with Gasteiger partial charge in [0.2, 0.25) is 0 Å². The highest BCUT2D eigenvalue weighted by atomic mass is 19.4. The number of hydrogen-bond acceptors (Lipinski definition) is 5. The highest BCUT2D eigenvalue weighted by Gasteiger charge is 2.31. The van der Waals surface area contributed by atoms with E-state index < -0.39 is 35.5 Å². The maximum absolute atomic E-state index is 13.0. The number of carbonyl (C=O) groups excluding carboxylic acids is 2. The molecule has 2 amide bonds. The van der Waals surface area contributed by atoms with E-state index in [9.17, 15) is 27.2 Å². The summed E-state index contributed by atoms with van der Waals surface area (Å²) in [5.41, 5.74) is 4.07. The van der Waals surface area contributed by atoms with E-state index in [0.29, 0.717) is 11.9 Å². The van der Waals surface area contributed by atoms with Crippen molar-refractivity contribution in [1.29, 1.82) is 0 Å². The second-order valence-electron chi connectivity index (χ2n) is 7.57. The molecule has 0 aliphatic carbocycles. The van der Waals surface area contributed by atoms with Gasteiger partial charge < -0.3 is 4.74 Å². The smallest absolute Gasteiger partial charge is 0.417 e. The lowest BCUT2D eigenvalue weighted by Gasteiger charge is -2.16. The minimum Gasteiger partial charge on any atom is -0.481 e. The normalized spacial score (nSPS) is 12.4. The van der Waals surface area contributed by atoms with Crippen molar-refractivity contribution in [2.75, 3.05) is 0 Å². The third-order valence-electron chi connectivity index (χ3n) is 4.69. The van der Waals surface area contributed by atoms with E-state index >= 15 is 0 Å². The van der Waals surface area contributed by atoms with Crippen LogP contribution in [0.15, 0.2) is 48.8 Å². The van der Waals surface area contributed by atoms with Crippen molar-refractivity contribution >= 4 is 11.8 Å². The maximum Gasteiger partial charge on any atom is 0.417 e. The molecule has 0 radical (unpaired) electrons. The summed E-state index contributed by atoms with van der Waals surface area (Å²) in [6.45, 7) is 4.98. The van der Waals surface area contributed by atoms with E-state index in [4.69, 9.17) is 4.74 Å². The van der Waals surface area contributed by atoms with Gasteiger partial charge in [0.05, 0.1) is 23.0 Å². The minimum atomic E-state index is -4.53. The van der Waals surface area contributed by atoms with Gasteiger partial charge in [0.15, 0.2) is 11.9 Å². The average molecular weight is 479 g/mol. The Bertz CT molecular complexity index is 1160. The number of amides is 2. The van der Waals surface area contributed by atoms with Gasteiger partial charge in [-0.05, 0) is 49.2 Å². The quantitative estimate of drug-likeness (QED) is 0.414. The van der Waals surface area contributed by atoms with Crippen LogP contribution in [0.5, 0.6) is 5.75 Å². The largest absolute Gasteiger partial charge is 0.481 e. The van der Waals surface area contributed by atoms with Crippen LogP contribution in [0.2, 0.25) is 0 Å². The summed E-state index contributed by atoms with van der Waals surface area (Å²) in [6, 6.07) is 7.10. The summed E-state index contributed by atoms with van der Waals surface area (Å²) in [5, 5.41) is 4.09. The number of ether oxygens (including phenoxy) is 1. The van der Waals surface area contributed by atoms with Crippen molar-refractivity contribution < 1.29 is 31.9 Å². The Labute approximate surface area is 191 Å². The van der Waals surface area contributed by atoms with Gasteiger partial charge in [-0.3, -0.25) is 20.4 Å². The number of rotatable bonds is 6.